The Morgan fingerprint density at radius 1 is 1.12 bits per heavy atom. The third kappa shape index (κ3) is 2.55. The maximum atomic E-state index is 9.76. The smallest absolute Gasteiger partial charge is 0.0502 e. The van der Waals surface area contributed by atoms with Crippen LogP contribution in [0.5, 0.6) is 0 Å². The van der Waals surface area contributed by atoms with Crippen LogP contribution in [0.2, 0.25) is 0 Å². The average molecular weight is 232 g/mol. The highest BCUT2D eigenvalue weighted by Crippen LogP contribution is 2.39. The van der Waals surface area contributed by atoms with Crippen LogP contribution in [0, 0.1) is 26.7 Å². The lowest BCUT2D eigenvalue weighted by molar-refractivity contribution is 0.225. The summed E-state index contributed by atoms with van der Waals surface area (Å²) in [5, 5.41) is 9.76. The van der Waals surface area contributed by atoms with E-state index >= 15 is 0 Å². The number of aliphatic hydroxyl groups is 1. The van der Waals surface area contributed by atoms with E-state index in [-0.39, 0.29) is 0 Å². The van der Waals surface area contributed by atoms with Gasteiger partial charge in [-0.3, -0.25) is 0 Å². The second kappa shape index (κ2) is 5.22. The largest absolute Gasteiger partial charge is 0.396 e. The van der Waals surface area contributed by atoms with Crippen molar-refractivity contribution < 1.29 is 5.11 Å². The first-order valence-corrected chi connectivity index (χ1v) is 6.82. The highest BCUT2D eigenvalue weighted by molar-refractivity contribution is 5.40. The van der Waals surface area contributed by atoms with Crippen LogP contribution in [0.3, 0.4) is 0 Å². The normalized spacial score (nSPS) is 18.6. The summed E-state index contributed by atoms with van der Waals surface area (Å²) in [6.45, 7) is 6.82. The molecule has 1 unspecified atom stereocenters. The van der Waals surface area contributed by atoms with Crippen molar-refractivity contribution in [1.82, 2.24) is 0 Å². The number of aryl methyl sites for hydroxylation is 3. The number of rotatable bonds is 3. The molecule has 0 saturated heterocycles. The van der Waals surface area contributed by atoms with Gasteiger partial charge in [0.2, 0.25) is 0 Å². The number of aliphatic hydroxyl groups excluding tert-OH is 1. The molecule has 17 heavy (non-hydrogen) atoms. The number of benzene rings is 1. The van der Waals surface area contributed by atoms with Crippen LogP contribution in [0.25, 0.3) is 0 Å². The molecule has 94 valence electrons. The van der Waals surface area contributed by atoms with Crippen molar-refractivity contribution in [3.8, 4) is 0 Å². The second-order valence-electron chi connectivity index (χ2n) is 5.65. The molecule has 0 aliphatic heterocycles. The van der Waals surface area contributed by atoms with E-state index in [0.29, 0.717) is 18.4 Å². The maximum absolute atomic E-state index is 9.76. The molecule has 1 saturated carbocycles. The summed E-state index contributed by atoms with van der Waals surface area (Å²) in [4.78, 5) is 0. The quantitative estimate of drug-likeness (QED) is 0.838. The molecule has 1 atom stereocenters. The average Bonchev–Trinajstić information content (AvgIpc) is 2.76. The van der Waals surface area contributed by atoms with Crippen LogP contribution in [0.15, 0.2) is 12.1 Å². The zero-order valence-electron chi connectivity index (χ0n) is 11.3. The Kier molecular flexibility index (Phi) is 3.88. The molecule has 1 aliphatic rings. The molecule has 1 N–H and O–H groups in total. The van der Waals surface area contributed by atoms with Crippen molar-refractivity contribution in [1.29, 1.82) is 0 Å². The molecule has 0 heterocycles. The van der Waals surface area contributed by atoms with Gasteiger partial charge in [-0.1, -0.05) is 30.5 Å². The summed E-state index contributed by atoms with van der Waals surface area (Å²) in [7, 11) is 0. The first kappa shape index (κ1) is 12.6. The summed E-state index contributed by atoms with van der Waals surface area (Å²) >= 11 is 0. The molecular formula is C16H24O. The van der Waals surface area contributed by atoms with Crippen molar-refractivity contribution in [2.45, 2.75) is 52.4 Å². The van der Waals surface area contributed by atoms with Crippen molar-refractivity contribution in [2.24, 2.45) is 5.92 Å². The molecule has 0 aromatic heterocycles. The molecule has 1 nitrogen and oxygen atoms in total. The van der Waals surface area contributed by atoms with E-state index in [0.717, 1.165) is 0 Å². The van der Waals surface area contributed by atoms with E-state index in [2.05, 4.69) is 32.9 Å². The minimum atomic E-state index is 0.301. The van der Waals surface area contributed by atoms with E-state index in [1.165, 1.54) is 47.9 Å². The Bertz CT molecular complexity index is 366. The third-order valence-corrected chi connectivity index (χ3v) is 4.27. The highest BCUT2D eigenvalue weighted by Gasteiger charge is 2.27. The van der Waals surface area contributed by atoms with E-state index < -0.39 is 0 Å². The lowest BCUT2D eigenvalue weighted by Crippen LogP contribution is -2.16. The van der Waals surface area contributed by atoms with Gasteiger partial charge in [-0.05, 0) is 56.2 Å². The molecule has 1 aliphatic carbocycles. The second-order valence-corrected chi connectivity index (χ2v) is 5.65. The van der Waals surface area contributed by atoms with E-state index in [1.54, 1.807) is 0 Å². The van der Waals surface area contributed by atoms with Crippen LogP contribution in [-0.4, -0.2) is 11.7 Å². The molecule has 0 spiro atoms. The minimum Gasteiger partial charge on any atom is -0.396 e. The van der Waals surface area contributed by atoms with Gasteiger partial charge in [-0.15, -0.1) is 0 Å². The molecular weight excluding hydrogens is 208 g/mol. The van der Waals surface area contributed by atoms with Crippen LogP contribution in [0.4, 0.5) is 0 Å². The zero-order valence-corrected chi connectivity index (χ0v) is 11.3. The third-order valence-electron chi connectivity index (χ3n) is 4.27. The minimum absolute atomic E-state index is 0.301. The Balaban J connectivity index is 2.36. The van der Waals surface area contributed by atoms with Gasteiger partial charge in [-0.25, -0.2) is 0 Å². The molecule has 0 radical (unpaired) electrons. The fourth-order valence-corrected chi connectivity index (χ4v) is 3.61. The van der Waals surface area contributed by atoms with Gasteiger partial charge >= 0.3 is 0 Å². The Morgan fingerprint density at radius 2 is 1.65 bits per heavy atom. The molecule has 2 rings (SSSR count). The van der Waals surface area contributed by atoms with Crippen LogP contribution in [-0.2, 0) is 0 Å². The van der Waals surface area contributed by atoms with E-state index in [4.69, 9.17) is 0 Å². The lowest BCUT2D eigenvalue weighted by Gasteiger charge is -2.25. The molecule has 1 aromatic carbocycles. The summed E-state index contributed by atoms with van der Waals surface area (Å²) in [6, 6.07) is 4.50. The van der Waals surface area contributed by atoms with Gasteiger partial charge < -0.3 is 5.11 Å². The SMILES string of the molecule is Cc1cc(C)c(C(CO)C2CCCC2)c(C)c1. The monoisotopic (exact) mass is 232 g/mol. The van der Waals surface area contributed by atoms with Crippen molar-refractivity contribution in [2.75, 3.05) is 6.61 Å². The van der Waals surface area contributed by atoms with Gasteiger partial charge in [0.15, 0.2) is 0 Å². The van der Waals surface area contributed by atoms with Gasteiger partial charge in [0.25, 0.3) is 0 Å². The summed E-state index contributed by atoms with van der Waals surface area (Å²) < 4.78 is 0. The van der Waals surface area contributed by atoms with Gasteiger partial charge in [-0.2, -0.15) is 0 Å². The Morgan fingerprint density at radius 3 is 2.12 bits per heavy atom. The Hall–Kier alpha value is -0.820. The fourth-order valence-electron chi connectivity index (χ4n) is 3.61. The maximum Gasteiger partial charge on any atom is 0.0502 e. The predicted molar refractivity (Wildman–Crippen MR) is 72.4 cm³/mol. The number of hydrogen-bond acceptors (Lipinski definition) is 1. The highest BCUT2D eigenvalue weighted by atomic mass is 16.3. The molecule has 1 fully saturated rings. The van der Waals surface area contributed by atoms with Gasteiger partial charge in [0, 0.05) is 5.92 Å². The topological polar surface area (TPSA) is 20.2 Å². The Labute approximate surface area is 105 Å². The van der Waals surface area contributed by atoms with Gasteiger partial charge in [0.1, 0.15) is 0 Å². The van der Waals surface area contributed by atoms with Crippen molar-refractivity contribution >= 4 is 0 Å². The van der Waals surface area contributed by atoms with Crippen LogP contribution >= 0.6 is 0 Å². The fraction of sp³-hybridized carbons (Fsp3) is 0.625. The lowest BCUT2D eigenvalue weighted by atomic mass is 9.81. The first-order valence-electron chi connectivity index (χ1n) is 6.82. The first-order chi connectivity index (χ1) is 8.13. The van der Waals surface area contributed by atoms with Crippen molar-refractivity contribution in [3.63, 3.8) is 0 Å². The predicted octanol–water partition coefficient (Wildman–Crippen LogP) is 3.88. The standard InChI is InChI=1S/C16H24O/c1-11-8-12(2)16(13(3)9-11)15(10-17)14-6-4-5-7-14/h8-9,14-15,17H,4-7,10H2,1-3H3. The summed E-state index contributed by atoms with van der Waals surface area (Å²) in [5.74, 6) is 1.05. The van der Waals surface area contributed by atoms with E-state index in [9.17, 15) is 5.11 Å². The van der Waals surface area contributed by atoms with Crippen molar-refractivity contribution in [3.05, 3.63) is 34.4 Å². The van der Waals surface area contributed by atoms with Crippen LogP contribution < -0.4 is 0 Å². The number of hydrogen-bond donors (Lipinski definition) is 1. The molecule has 0 amide bonds. The summed E-state index contributed by atoms with van der Waals surface area (Å²) in [5.41, 5.74) is 5.44. The molecule has 1 heteroatoms. The van der Waals surface area contributed by atoms with Gasteiger partial charge in [0.05, 0.1) is 6.61 Å². The molecule has 0 bridgehead atoms. The van der Waals surface area contributed by atoms with Crippen LogP contribution in [0.1, 0.15) is 53.9 Å². The summed E-state index contributed by atoms with van der Waals surface area (Å²) in [6.07, 6.45) is 5.26. The zero-order chi connectivity index (χ0) is 12.4. The van der Waals surface area contributed by atoms with E-state index in [1.807, 2.05) is 0 Å². The molecule has 1 aromatic rings.